The standard InChI is InChI=1S/C12H27NO3Si/c1-9(2)17(10(3)4,11(5)6)16-8-7-15-12(13)14/h9-11H,7-8H2,1-6H3,(H2,13,14). The second kappa shape index (κ2) is 7.01. The van der Waals surface area contributed by atoms with Crippen LogP contribution in [0.1, 0.15) is 41.5 Å². The molecule has 1 amide bonds. The lowest BCUT2D eigenvalue weighted by atomic mass is 10.5. The van der Waals surface area contributed by atoms with E-state index >= 15 is 0 Å². The number of hydrogen-bond donors (Lipinski definition) is 1. The normalized spacial score (nSPS) is 12.5. The van der Waals surface area contributed by atoms with E-state index in [0.717, 1.165) is 0 Å². The average Bonchev–Trinajstić information content (AvgIpc) is 2.15. The summed E-state index contributed by atoms with van der Waals surface area (Å²) in [6.45, 7) is 14.0. The second-order valence-corrected chi connectivity index (χ2v) is 10.8. The number of primary amides is 1. The summed E-state index contributed by atoms with van der Waals surface area (Å²) in [5.41, 5.74) is 6.53. The van der Waals surface area contributed by atoms with Gasteiger partial charge < -0.3 is 14.9 Å². The summed E-state index contributed by atoms with van der Waals surface area (Å²) >= 11 is 0. The molecule has 0 fully saturated rings. The molecule has 0 aliphatic carbocycles. The van der Waals surface area contributed by atoms with Crippen molar-refractivity contribution >= 4 is 14.4 Å². The summed E-state index contributed by atoms with van der Waals surface area (Å²) in [7, 11) is -1.83. The van der Waals surface area contributed by atoms with Crippen LogP contribution < -0.4 is 5.73 Å². The molecule has 0 aliphatic rings. The van der Waals surface area contributed by atoms with Gasteiger partial charge in [0.25, 0.3) is 0 Å². The average molecular weight is 261 g/mol. The van der Waals surface area contributed by atoms with E-state index < -0.39 is 14.4 Å². The van der Waals surface area contributed by atoms with E-state index in [0.29, 0.717) is 23.2 Å². The minimum atomic E-state index is -1.83. The molecule has 102 valence electrons. The topological polar surface area (TPSA) is 61.6 Å². The molecule has 0 aromatic rings. The molecule has 4 nitrogen and oxygen atoms in total. The van der Waals surface area contributed by atoms with Crippen molar-refractivity contribution in [3.63, 3.8) is 0 Å². The van der Waals surface area contributed by atoms with E-state index in [-0.39, 0.29) is 6.61 Å². The maximum absolute atomic E-state index is 10.5. The van der Waals surface area contributed by atoms with Crippen molar-refractivity contribution in [2.75, 3.05) is 13.2 Å². The minimum Gasteiger partial charge on any atom is -0.447 e. The van der Waals surface area contributed by atoms with Gasteiger partial charge in [-0.15, -0.1) is 0 Å². The van der Waals surface area contributed by atoms with Crippen molar-refractivity contribution in [3.8, 4) is 0 Å². The summed E-state index contributed by atoms with van der Waals surface area (Å²) in [6, 6.07) is 0. The number of nitrogens with two attached hydrogens (primary N) is 1. The first-order chi connectivity index (χ1) is 7.75. The van der Waals surface area contributed by atoms with Gasteiger partial charge in [0.05, 0.1) is 6.61 Å². The van der Waals surface area contributed by atoms with Crippen LogP contribution in [0.3, 0.4) is 0 Å². The maximum atomic E-state index is 10.5. The molecule has 0 saturated heterocycles. The fourth-order valence-corrected chi connectivity index (χ4v) is 8.30. The Morgan fingerprint density at radius 2 is 1.41 bits per heavy atom. The van der Waals surface area contributed by atoms with Gasteiger partial charge in [-0.05, 0) is 16.6 Å². The summed E-state index contributed by atoms with van der Waals surface area (Å²) in [5.74, 6) is 0. The predicted octanol–water partition coefficient (Wildman–Crippen LogP) is 3.27. The van der Waals surface area contributed by atoms with Crippen LogP contribution in [0.4, 0.5) is 4.79 Å². The number of hydrogen-bond acceptors (Lipinski definition) is 3. The van der Waals surface area contributed by atoms with E-state index in [4.69, 9.17) is 14.9 Å². The van der Waals surface area contributed by atoms with Crippen molar-refractivity contribution in [1.29, 1.82) is 0 Å². The van der Waals surface area contributed by atoms with Gasteiger partial charge in [0.15, 0.2) is 8.32 Å². The lowest BCUT2D eigenvalue weighted by Crippen LogP contribution is -2.48. The van der Waals surface area contributed by atoms with Gasteiger partial charge in [-0.2, -0.15) is 0 Å². The molecule has 0 atom stereocenters. The highest BCUT2D eigenvalue weighted by molar-refractivity contribution is 6.77. The van der Waals surface area contributed by atoms with Crippen molar-refractivity contribution in [3.05, 3.63) is 0 Å². The predicted molar refractivity (Wildman–Crippen MR) is 72.5 cm³/mol. The fraction of sp³-hybridized carbons (Fsp3) is 0.917. The summed E-state index contributed by atoms with van der Waals surface area (Å²) in [5, 5.41) is 0. The third kappa shape index (κ3) is 4.31. The van der Waals surface area contributed by atoms with E-state index in [1.807, 2.05) is 0 Å². The van der Waals surface area contributed by atoms with Crippen LogP contribution in [-0.4, -0.2) is 27.6 Å². The van der Waals surface area contributed by atoms with Crippen molar-refractivity contribution in [2.45, 2.75) is 58.2 Å². The number of amides is 1. The number of carbonyl (C=O) groups is 1. The first-order valence-electron chi connectivity index (χ1n) is 6.31. The number of rotatable bonds is 7. The van der Waals surface area contributed by atoms with Crippen LogP contribution in [0.25, 0.3) is 0 Å². The second-order valence-electron chi connectivity index (χ2n) is 5.33. The Bertz CT molecular complexity index is 220. The summed E-state index contributed by atoms with van der Waals surface area (Å²) in [4.78, 5) is 10.5. The summed E-state index contributed by atoms with van der Waals surface area (Å²) in [6.07, 6.45) is -0.737. The van der Waals surface area contributed by atoms with E-state index in [2.05, 4.69) is 41.5 Å². The molecule has 0 aromatic heterocycles. The van der Waals surface area contributed by atoms with Crippen LogP contribution in [0.2, 0.25) is 16.6 Å². The lowest BCUT2D eigenvalue weighted by Gasteiger charge is -2.42. The Hall–Kier alpha value is -0.553. The van der Waals surface area contributed by atoms with Gasteiger partial charge >= 0.3 is 6.09 Å². The molecule has 2 N–H and O–H groups in total. The smallest absolute Gasteiger partial charge is 0.404 e. The number of carbonyl (C=O) groups excluding carboxylic acids is 1. The van der Waals surface area contributed by atoms with Gasteiger partial charge in [-0.1, -0.05) is 41.5 Å². The molecule has 0 spiro atoms. The highest BCUT2D eigenvalue weighted by atomic mass is 28.4. The fourth-order valence-electron chi connectivity index (χ4n) is 2.86. The van der Waals surface area contributed by atoms with Crippen molar-refractivity contribution in [2.24, 2.45) is 5.73 Å². The molecule has 0 saturated carbocycles. The largest absolute Gasteiger partial charge is 0.447 e. The molecule has 17 heavy (non-hydrogen) atoms. The van der Waals surface area contributed by atoms with Crippen LogP contribution in [0.15, 0.2) is 0 Å². The zero-order valence-corrected chi connectivity index (χ0v) is 12.9. The molecule has 0 bridgehead atoms. The molecule has 0 unspecified atom stereocenters. The Morgan fingerprint density at radius 1 is 1.00 bits per heavy atom. The highest BCUT2D eigenvalue weighted by Crippen LogP contribution is 2.41. The van der Waals surface area contributed by atoms with Gasteiger partial charge in [0, 0.05) is 0 Å². The van der Waals surface area contributed by atoms with Crippen LogP contribution in [0.5, 0.6) is 0 Å². The molecule has 0 aliphatic heterocycles. The van der Waals surface area contributed by atoms with Crippen LogP contribution in [-0.2, 0) is 9.16 Å². The minimum absolute atomic E-state index is 0.246. The van der Waals surface area contributed by atoms with Crippen LogP contribution in [0, 0.1) is 0 Å². The third-order valence-electron chi connectivity index (χ3n) is 3.39. The molecule has 0 heterocycles. The molecule has 0 aromatic carbocycles. The molecule has 0 radical (unpaired) electrons. The zero-order valence-electron chi connectivity index (χ0n) is 11.9. The molecular weight excluding hydrogens is 234 g/mol. The Kier molecular flexibility index (Phi) is 6.78. The first kappa shape index (κ1) is 16.4. The van der Waals surface area contributed by atoms with Crippen LogP contribution >= 0.6 is 0 Å². The highest BCUT2D eigenvalue weighted by Gasteiger charge is 2.44. The van der Waals surface area contributed by atoms with Gasteiger partial charge in [0.1, 0.15) is 6.61 Å². The zero-order chi connectivity index (χ0) is 13.6. The van der Waals surface area contributed by atoms with Gasteiger partial charge in [-0.25, -0.2) is 4.79 Å². The van der Waals surface area contributed by atoms with Crippen molar-refractivity contribution in [1.82, 2.24) is 0 Å². The Morgan fingerprint density at radius 3 is 1.71 bits per heavy atom. The molecule has 0 rings (SSSR count). The molecule has 5 heteroatoms. The van der Waals surface area contributed by atoms with Gasteiger partial charge in [-0.3, -0.25) is 0 Å². The first-order valence-corrected chi connectivity index (χ1v) is 8.45. The van der Waals surface area contributed by atoms with E-state index in [1.54, 1.807) is 0 Å². The number of ether oxygens (including phenoxy) is 1. The Balaban J connectivity index is 4.54. The summed E-state index contributed by atoms with van der Waals surface area (Å²) < 4.78 is 10.9. The van der Waals surface area contributed by atoms with E-state index in [1.165, 1.54) is 0 Å². The maximum Gasteiger partial charge on any atom is 0.404 e. The SMILES string of the molecule is CC(C)[Si](OCCOC(N)=O)(C(C)C)C(C)C. The van der Waals surface area contributed by atoms with E-state index in [9.17, 15) is 4.79 Å². The third-order valence-corrected chi connectivity index (χ3v) is 9.51. The molecular formula is C12H27NO3Si. The van der Waals surface area contributed by atoms with Gasteiger partial charge in [0.2, 0.25) is 0 Å². The van der Waals surface area contributed by atoms with Crippen molar-refractivity contribution < 1.29 is 14.0 Å². The lowest BCUT2D eigenvalue weighted by molar-refractivity contribution is 0.128. The quantitative estimate of drug-likeness (QED) is 0.565. The monoisotopic (exact) mass is 261 g/mol. The Labute approximate surface area is 106 Å².